The maximum absolute atomic E-state index is 13.9. The Kier molecular flexibility index (Phi) is 4.88. The number of anilines is 1. The number of aromatic nitrogens is 4. The molecule has 4 aliphatic rings. The SMILES string of the molecule is Cc1cc(N2CC3(CC(c4nnc5n4-c4ccc(Cl)cc4CN(C4(C)CC(F)(F)C4)C5)C3)C2)ncc1F. The predicted octanol–water partition coefficient (Wildman–Crippen LogP) is 5.65. The first-order valence-corrected chi connectivity index (χ1v) is 13.1. The van der Waals surface area contributed by atoms with Gasteiger partial charge < -0.3 is 4.90 Å². The van der Waals surface area contributed by atoms with Crippen LogP contribution in [-0.2, 0) is 13.1 Å². The minimum Gasteiger partial charge on any atom is -0.355 e. The van der Waals surface area contributed by atoms with Gasteiger partial charge in [0.2, 0.25) is 0 Å². The summed E-state index contributed by atoms with van der Waals surface area (Å²) in [6, 6.07) is 7.61. The minimum atomic E-state index is -2.61. The molecule has 0 radical (unpaired) electrons. The van der Waals surface area contributed by atoms with E-state index < -0.39 is 11.5 Å². The molecule has 1 saturated heterocycles. The van der Waals surface area contributed by atoms with Crippen molar-refractivity contribution in [2.75, 3.05) is 18.0 Å². The zero-order valence-electron chi connectivity index (χ0n) is 20.8. The lowest BCUT2D eigenvalue weighted by Gasteiger charge is -2.59. The molecular weight excluding hydrogens is 501 g/mol. The molecule has 0 amide bonds. The highest BCUT2D eigenvalue weighted by Crippen LogP contribution is 2.57. The number of rotatable bonds is 3. The summed E-state index contributed by atoms with van der Waals surface area (Å²) in [5, 5.41) is 9.83. The predicted molar refractivity (Wildman–Crippen MR) is 134 cm³/mol. The summed E-state index contributed by atoms with van der Waals surface area (Å²) in [4.78, 5) is 8.58. The Morgan fingerprint density at radius 3 is 2.51 bits per heavy atom. The van der Waals surface area contributed by atoms with Crippen LogP contribution in [0.1, 0.15) is 61.3 Å². The van der Waals surface area contributed by atoms with E-state index in [1.54, 1.807) is 6.92 Å². The Hall–Kier alpha value is -2.65. The molecular formula is C27H28ClF3N6. The van der Waals surface area contributed by atoms with Gasteiger partial charge in [-0.25, -0.2) is 18.2 Å². The van der Waals surface area contributed by atoms with E-state index in [1.165, 1.54) is 6.20 Å². The monoisotopic (exact) mass is 528 g/mol. The van der Waals surface area contributed by atoms with Crippen LogP contribution in [0.5, 0.6) is 0 Å². The van der Waals surface area contributed by atoms with Crippen molar-refractivity contribution in [3.63, 3.8) is 0 Å². The van der Waals surface area contributed by atoms with Crippen LogP contribution in [0.2, 0.25) is 5.02 Å². The molecule has 0 unspecified atom stereocenters. The molecule has 1 aromatic carbocycles. The summed E-state index contributed by atoms with van der Waals surface area (Å²) in [6.07, 6.45) is 2.99. The van der Waals surface area contributed by atoms with E-state index in [9.17, 15) is 13.2 Å². The summed E-state index contributed by atoms with van der Waals surface area (Å²) in [5.74, 6) is -0.0829. The molecule has 3 aromatic rings. The van der Waals surface area contributed by atoms with Crippen molar-refractivity contribution in [1.82, 2.24) is 24.6 Å². The molecule has 7 rings (SSSR count). The number of hydrogen-bond donors (Lipinski definition) is 0. The van der Waals surface area contributed by atoms with Crippen LogP contribution in [0.25, 0.3) is 5.69 Å². The zero-order chi connectivity index (χ0) is 25.7. The molecule has 2 aromatic heterocycles. The topological polar surface area (TPSA) is 50.1 Å². The molecule has 4 heterocycles. The van der Waals surface area contributed by atoms with Gasteiger partial charge in [0.05, 0.1) is 18.4 Å². The number of fused-ring (bicyclic) bond motifs is 3. The zero-order valence-corrected chi connectivity index (χ0v) is 21.6. The van der Waals surface area contributed by atoms with Gasteiger partial charge in [0.25, 0.3) is 5.92 Å². The van der Waals surface area contributed by atoms with Crippen LogP contribution < -0.4 is 4.90 Å². The van der Waals surface area contributed by atoms with Crippen molar-refractivity contribution in [3.8, 4) is 5.69 Å². The van der Waals surface area contributed by atoms with E-state index in [0.717, 1.165) is 54.6 Å². The summed E-state index contributed by atoms with van der Waals surface area (Å²) >= 11 is 6.36. The molecule has 3 fully saturated rings. The number of nitrogens with zero attached hydrogens (tertiary/aromatic N) is 6. The lowest BCUT2D eigenvalue weighted by atomic mass is 9.57. The second-order valence-electron chi connectivity index (χ2n) is 11.9. The van der Waals surface area contributed by atoms with Gasteiger partial charge in [0.15, 0.2) is 5.82 Å². The third kappa shape index (κ3) is 3.68. The summed E-state index contributed by atoms with van der Waals surface area (Å²) in [6.45, 7) is 6.48. The van der Waals surface area contributed by atoms with Crippen LogP contribution in [0.3, 0.4) is 0 Å². The van der Waals surface area contributed by atoms with Crippen molar-refractivity contribution in [3.05, 3.63) is 64.1 Å². The maximum atomic E-state index is 13.9. The average Bonchev–Trinajstić information content (AvgIpc) is 3.07. The fourth-order valence-electron chi connectivity index (χ4n) is 7.01. The molecule has 37 heavy (non-hydrogen) atoms. The average molecular weight is 529 g/mol. The molecule has 0 atom stereocenters. The van der Waals surface area contributed by atoms with Crippen molar-refractivity contribution < 1.29 is 13.2 Å². The van der Waals surface area contributed by atoms with Gasteiger partial charge in [-0.3, -0.25) is 9.47 Å². The fourth-order valence-corrected chi connectivity index (χ4v) is 7.20. The van der Waals surface area contributed by atoms with E-state index in [2.05, 4.69) is 29.5 Å². The van der Waals surface area contributed by atoms with Gasteiger partial charge in [-0.05, 0) is 62.1 Å². The van der Waals surface area contributed by atoms with E-state index in [0.29, 0.717) is 23.7 Å². The minimum absolute atomic E-state index is 0.152. The third-order valence-electron chi connectivity index (χ3n) is 8.91. The van der Waals surface area contributed by atoms with Gasteiger partial charge in [-0.15, -0.1) is 10.2 Å². The van der Waals surface area contributed by atoms with E-state index in [1.807, 2.05) is 31.2 Å². The van der Waals surface area contributed by atoms with Gasteiger partial charge in [0, 0.05) is 54.4 Å². The molecule has 2 saturated carbocycles. The molecule has 0 N–H and O–H groups in total. The van der Waals surface area contributed by atoms with Crippen LogP contribution >= 0.6 is 11.6 Å². The van der Waals surface area contributed by atoms with E-state index in [4.69, 9.17) is 11.6 Å². The third-order valence-corrected chi connectivity index (χ3v) is 9.14. The van der Waals surface area contributed by atoms with Gasteiger partial charge in [-0.1, -0.05) is 11.6 Å². The van der Waals surface area contributed by atoms with Crippen molar-refractivity contribution in [2.45, 2.75) is 70.0 Å². The second kappa shape index (κ2) is 7.69. The lowest BCUT2D eigenvalue weighted by Crippen LogP contribution is -2.62. The maximum Gasteiger partial charge on any atom is 0.251 e. The Morgan fingerprint density at radius 2 is 1.81 bits per heavy atom. The van der Waals surface area contributed by atoms with Crippen LogP contribution in [0.15, 0.2) is 30.5 Å². The van der Waals surface area contributed by atoms with E-state index in [-0.39, 0.29) is 30.0 Å². The number of pyridine rings is 1. The van der Waals surface area contributed by atoms with Crippen LogP contribution in [0, 0.1) is 18.2 Å². The second-order valence-corrected chi connectivity index (χ2v) is 12.3. The highest BCUT2D eigenvalue weighted by molar-refractivity contribution is 6.30. The first-order valence-electron chi connectivity index (χ1n) is 12.8. The standard InChI is InChI=1S/C27H28ClF3N6/c1-16-5-22(32-9-20(16)29)35-14-26(15-35)7-18(8-26)24-34-33-23-11-36(25(2)12-27(30,31)13-25)10-17-6-19(28)3-4-21(17)37(23)24/h3-6,9,18H,7-8,10-15H2,1-2H3. The van der Waals surface area contributed by atoms with Crippen molar-refractivity contribution in [2.24, 2.45) is 5.41 Å². The van der Waals surface area contributed by atoms with Crippen LogP contribution in [0.4, 0.5) is 19.0 Å². The smallest absolute Gasteiger partial charge is 0.251 e. The number of benzene rings is 1. The Labute approximate surface area is 218 Å². The number of alkyl halides is 2. The molecule has 2 aliphatic carbocycles. The molecule has 0 bridgehead atoms. The molecule has 10 heteroatoms. The number of hydrogen-bond acceptors (Lipinski definition) is 5. The Bertz CT molecular complexity index is 1400. The fraction of sp³-hybridized carbons (Fsp3) is 0.519. The first kappa shape index (κ1) is 23.5. The van der Waals surface area contributed by atoms with Crippen molar-refractivity contribution in [1.29, 1.82) is 0 Å². The lowest BCUT2D eigenvalue weighted by molar-refractivity contribution is -0.173. The normalized spacial score (nSPS) is 23.5. The molecule has 1 spiro atoms. The first-order chi connectivity index (χ1) is 17.5. The Morgan fingerprint density at radius 1 is 1.05 bits per heavy atom. The molecule has 194 valence electrons. The Balaban J connectivity index is 1.14. The quantitative estimate of drug-likeness (QED) is 0.440. The van der Waals surface area contributed by atoms with Gasteiger partial charge in [-0.2, -0.15) is 0 Å². The summed E-state index contributed by atoms with van der Waals surface area (Å²) in [5.41, 5.74) is 2.22. The van der Waals surface area contributed by atoms with Crippen LogP contribution in [-0.4, -0.2) is 49.2 Å². The van der Waals surface area contributed by atoms with E-state index >= 15 is 0 Å². The summed E-state index contributed by atoms with van der Waals surface area (Å²) < 4.78 is 43.5. The van der Waals surface area contributed by atoms with Gasteiger partial charge in [0.1, 0.15) is 17.5 Å². The highest BCUT2D eigenvalue weighted by Gasteiger charge is 2.57. The highest BCUT2D eigenvalue weighted by atomic mass is 35.5. The molecule has 2 aliphatic heterocycles. The summed E-state index contributed by atoms with van der Waals surface area (Å²) in [7, 11) is 0. The molecule has 6 nitrogen and oxygen atoms in total. The number of halogens is 4. The van der Waals surface area contributed by atoms with Crippen molar-refractivity contribution >= 4 is 17.4 Å². The number of aryl methyl sites for hydroxylation is 1. The van der Waals surface area contributed by atoms with Gasteiger partial charge >= 0.3 is 0 Å². The largest absolute Gasteiger partial charge is 0.355 e.